The highest BCUT2D eigenvalue weighted by atomic mass is 32.2. The van der Waals surface area contributed by atoms with E-state index in [4.69, 9.17) is 4.74 Å². The first-order chi connectivity index (χ1) is 14.5. The first kappa shape index (κ1) is 25.0. The van der Waals surface area contributed by atoms with Crippen molar-refractivity contribution >= 4 is 17.7 Å². The summed E-state index contributed by atoms with van der Waals surface area (Å²) >= 11 is 1.67. The van der Waals surface area contributed by atoms with Gasteiger partial charge in [-0.3, -0.25) is 4.99 Å². The molecule has 2 N–H and O–H groups in total. The number of hydrogen-bond donors (Lipinski definition) is 2. The van der Waals surface area contributed by atoms with E-state index in [2.05, 4.69) is 57.4 Å². The van der Waals surface area contributed by atoms with Crippen LogP contribution in [0.2, 0.25) is 0 Å². The van der Waals surface area contributed by atoms with Crippen molar-refractivity contribution in [1.82, 2.24) is 25.4 Å². The fourth-order valence-corrected chi connectivity index (χ4v) is 4.74. The van der Waals surface area contributed by atoms with Crippen molar-refractivity contribution in [1.29, 1.82) is 0 Å². The maximum absolute atomic E-state index is 5.63. The first-order valence-corrected chi connectivity index (χ1v) is 12.7. The van der Waals surface area contributed by atoms with Gasteiger partial charge in [0, 0.05) is 46.3 Å². The lowest BCUT2D eigenvalue weighted by Crippen LogP contribution is -2.43. The van der Waals surface area contributed by atoms with Gasteiger partial charge in [-0.15, -0.1) is 10.2 Å². The third-order valence-electron chi connectivity index (χ3n) is 5.89. The van der Waals surface area contributed by atoms with Gasteiger partial charge in [0.1, 0.15) is 5.82 Å². The van der Waals surface area contributed by atoms with Crippen LogP contribution < -0.4 is 10.6 Å². The number of aryl methyl sites for hydroxylation is 1. The zero-order chi connectivity index (χ0) is 21.8. The number of ether oxygens (including phenoxy) is 1. The van der Waals surface area contributed by atoms with E-state index >= 15 is 0 Å². The lowest BCUT2D eigenvalue weighted by Gasteiger charge is -2.30. The van der Waals surface area contributed by atoms with E-state index in [0.29, 0.717) is 11.3 Å². The predicted octanol–water partition coefficient (Wildman–Crippen LogP) is 3.74. The van der Waals surface area contributed by atoms with Gasteiger partial charge in [0.2, 0.25) is 0 Å². The number of nitrogens with one attached hydrogen (secondary N) is 2. The minimum Gasteiger partial charge on any atom is -0.382 e. The molecule has 30 heavy (non-hydrogen) atoms. The van der Waals surface area contributed by atoms with E-state index < -0.39 is 0 Å². The van der Waals surface area contributed by atoms with Crippen molar-refractivity contribution in [2.24, 2.45) is 16.3 Å². The maximum atomic E-state index is 5.63. The lowest BCUT2D eigenvalue weighted by molar-refractivity contribution is 0.105. The monoisotopic (exact) mass is 438 g/mol. The molecule has 0 aromatic carbocycles. The molecule has 0 saturated heterocycles. The van der Waals surface area contributed by atoms with E-state index in [-0.39, 0.29) is 0 Å². The van der Waals surface area contributed by atoms with Crippen molar-refractivity contribution in [3.63, 3.8) is 0 Å². The molecular weight excluding hydrogens is 396 g/mol. The highest BCUT2D eigenvalue weighted by Gasteiger charge is 2.33. The summed E-state index contributed by atoms with van der Waals surface area (Å²) in [6, 6.07) is 0. The second-order valence-electron chi connectivity index (χ2n) is 8.72. The zero-order valence-corrected chi connectivity index (χ0v) is 20.5. The molecular formula is C22H42N6OS. The molecule has 7 nitrogen and oxygen atoms in total. The minimum atomic E-state index is 0.355. The highest BCUT2D eigenvalue weighted by Crippen LogP contribution is 2.40. The van der Waals surface area contributed by atoms with Crippen LogP contribution in [-0.2, 0) is 17.7 Å². The molecule has 1 saturated carbocycles. The van der Waals surface area contributed by atoms with Gasteiger partial charge in [0.25, 0.3) is 0 Å². The topological polar surface area (TPSA) is 76.4 Å². The van der Waals surface area contributed by atoms with Crippen LogP contribution in [-0.4, -0.2) is 60.3 Å². The van der Waals surface area contributed by atoms with Crippen LogP contribution in [0, 0.1) is 11.3 Å². The quantitative estimate of drug-likeness (QED) is 0.211. The highest BCUT2D eigenvalue weighted by molar-refractivity contribution is 7.98. The fraction of sp³-hybridized carbons (Fsp3) is 0.864. The number of nitrogens with zero attached hydrogens (tertiary/aromatic N) is 4. The molecule has 0 radical (unpaired) electrons. The van der Waals surface area contributed by atoms with Crippen molar-refractivity contribution in [2.75, 3.05) is 39.6 Å². The Morgan fingerprint density at radius 2 is 2.03 bits per heavy atom. The van der Waals surface area contributed by atoms with Crippen LogP contribution >= 0.6 is 11.8 Å². The molecule has 0 bridgehead atoms. The summed E-state index contributed by atoms with van der Waals surface area (Å²) in [6.45, 7) is 11.0. The molecule has 1 aliphatic carbocycles. The van der Waals surface area contributed by atoms with E-state index in [1.165, 1.54) is 25.7 Å². The average Bonchev–Trinajstić information content (AvgIpc) is 3.35. The molecule has 1 aromatic heterocycles. The molecule has 8 heteroatoms. The second-order valence-corrected chi connectivity index (χ2v) is 9.49. The van der Waals surface area contributed by atoms with Crippen LogP contribution in [0.1, 0.15) is 65.1 Å². The smallest absolute Gasteiger partial charge is 0.190 e. The van der Waals surface area contributed by atoms with Crippen LogP contribution in [0.5, 0.6) is 0 Å². The van der Waals surface area contributed by atoms with E-state index in [9.17, 15) is 0 Å². The summed E-state index contributed by atoms with van der Waals surface area (Å²) in [6.07, 6.45) is 10.3. The maximum Gasteiger partial charge on any atom is 0.190 e. The SMILES string of the molecule is CCOCCC1(CNC(=NC)NCCCc2nnc(SC)n2CC(C)C)CCCC1. The summed E-state index contributed by atoms with van der Waals surface area (Å²) in [5, 5.41) is 16.8. The third-order valence-corrected chi connectivity index (χ3v) is 6.56. The molecule has 0 amide bonds. The number of aromatic nitrogens is 3. The standard InChI is InChI=1S/C22H42N6OS/c1-6-29-15-13-22(11-7-8-12-22)17-25-20(23-4)24-14-9-10-19-26-27-21(30-5)28(19)16-18(2)3/h18H,6-17H2,1-5H3,(H2,23,24,25). The summed E-state index contributed by atoms with van der Waals surface area (Å²) in [5.74, 6) is 2.56. The molecule has 172 valence electrons. The minimum absolute atomic E-state index is 0.355. The van der Waals surface area contributed by atoms with Gasteiger partial charge in [-0.05, 0) is 50.2 Å². The van der Waals surface area contributed by atoms with Gasteiger partial charge in [-0.25, -0.2) is 0 Å². The summed E-state index contributed by atoms with van der Waals surface area (Å²) in [5.41, 5.74) is 0.355. The Morgan fingerprint density at radius 1 is 1.27 bits per heavy atom. The molecule has 0 spiro atoms. The van der Waals surface area contributed by atoms with Crippen molar-refractivity contribution < 1.29 is 4.74 Å². The molecule has 1 fully saturated rings. The molecule has 1 aromatic rings. The predicted molar refractivity (Wildman–Crippen MR) is 126 cm³/mol. The molecule has 0 aliphatic heterocycles. The van der Waals surface area contributed by atoms with Crippen LogP contribution in [0.15, 0.2) is 10.1 Å². The van der Waals surface area contributed by atoms with Gasteiger partial charge < -0.3 is 19.9 Å². The molecule has 1 heterocycles. The van der Waals surface area contributed by atoms with E-state index in [1.807, 2.05) is 7.05 Å². The Labute approximate surface area is 187 Å². The Kier molecular flexibility index (Phi) is 11.0. The second kappa shape index (κ2) is 13.2. The Balaban J connectivity index is 1.77. The number of thioether (sulfide) groups is 1. The van der Waals surface area contributed by atoms with Gasteiger partial charge >= 0.3 is 0 Å². The number of rotatable bonds is 13. The number of hydrogen-bond acceptors (Lipinski definition) is 5. The summed E-state index contributed by atoms with van der Waals surface area (Å²) < 4.78 is 7.90. The van der Waals surface area contributed by atoms with Crippen LogP contribution in [0.3, 0.4) is 0 Å². The molecule has 2 rings (SSSR count). The Morgan fingerprint density at radius 3 is 2.67 bits per heavy atom. The van der Waals surface area contributed by atoms with E-state index in [0.717, 1.165) is 69.1 Å². The fourth-order valence-electron chi connectivity index (χ4n) is 4.22. The van der Waals surface area contributed by atoms with Gasteiger partial charge in [-0.2, -0.15) is 0 Å². The zero-order valence-electron chi connectivity index (χ0n) is 19.7. The van der Waals surface area contributed by atoms with Crippen molar-refractivity contribution in [2.45, 2.75) is 77.4 Å². The molecule has 0 unspecified atom stereocenters. The Hall–Kier alpha value is -1.28. The van der Waals surface area contributed by atoms with Crippen LogP contribution in [0.25, 0.3) is 0 Å². The van der Waals surface area contributed by atoms with Crippen LogP contribution in [0.4, 0.5) is 0 Å². The summed E-state index contributed by atoms with van der Waals surface area (Å²) in [4.78, 5) is 4.42. The van der Waals surface area contributed by atoms with Gasteiger partial charge in [0.15, 0.2) is 11.1 Å². The van der Waals surface area contributed by atoms with Gasteiger partial charge in [0.05, 0.1) is 0 Å². The molecule has 0 atom stereocenters. The average molecular weight is 439 g/mol. The normalized spacial score (nSPS) is 16.4. The van der Waals surface area contributed by atoms with Gasteiger partial charge in [-0.1, -0.05) is 38.5 Å². The largest absolute Gasteiger partial charge is 0.382 e. The van der Waals surface area contributed by atoms with Crippen molar-refractivity contribution in [3.05, 3.63) is 5.82 Å². The van der Waals surface area contributed by atoms with Crippen molar-refractivity contribution in [3.8, 4) is 0 Å². The molecule has 1 aliphatic rings. The summed E-state index contributed by atoms with van der Waals surface area (Å²) in [7, 11) is 1.85. The van der Waals surface area contributed by atoms with E-state index in [1.54, 1.807) is 11.8 Å². The number of aliphatic imine (C=N–C) groups is 1. The lowest BCUT2D eigenvalue weighted by atomic mass is 9.83. The first-order valence-electron chi connectivity index (χ1n) is 11.5. The third kappa shape index (κ3) is 7.76. The Bertz CT molecular complexity index is 640. The number of guanidine groups is 1.